The van der Waals surface area contributed by atoms with E-state index in [9.17, 15) is 5.11 Å². The maximum atomic E-state index is 9.68. The van der Waals surface area contributed by atoms with Crippen molar-refractivity contribution in [1.29, 1.82) is 0 Å². The van der Waals surface area contributed by atoms with E-state index < -0.39 is 6.10 Å². The van der Waals surface area contributed by atoms with Gasteiger partial charge in [0.1, 0.15) is 5.75 Å². The van der Waals surface area contributed by atoms with Crippen LogP contribution in [0.3, 0.4) is 0 Å². The van der Waals surface area contributed by atoms with Crippen LogP contribution in [-0.2, 0) is 4.74 Å². The highest BCUT2D eigenvalue weighted by Crippen LogP contribution is 2.27. The Morgan fingerprint density at radius 2 is 2.35 bits per heavy atom. The Bertz CT molecular complexity index is 368. The third kappa shape index (κ3) is 3.20. The minimum Gasteiger partial charge on any atom is -0.493 e. The highest BCUT2D eigenvalue weighted by Gasteiger charge is 2.17. The second-order valence-electron chi connectivity index (χ2n) is 4.76. The smallest absolute Gasteiger partial charge is 0.125 e. The molecular formula is C14H20O3. The van der Waals surface area contributed by atoms with Gasteiger partial charge in [-0.3, -0.25) is 0 Å². The zero-order chi connectivity index (χ0) is 12.3. The Balaban J connectivity index is 2.04. The molecule has 1 fully saturated rings. The van der Waals surface area contributed by atoms with Crippen molar-refractivity contribution in [2.24, 2.45) is 5.92 Å². The maximum absolute atomic E-state index is 9.68. The second-order valence-corrected chi connectivity index (χ2v) is 4.76. The number of aliphatic hydroxyl groups is 1. The quantitative estimate of drug-likeness (QED) is 0.872. The van der Waals surface area contributed by atoms with Crippen LogP contribution >= 0.6 is 0 Å². The molecule has 2 atom stereocenters. The third-order valence-corrected chi connectivity index (χ3v) is 3.12. The van der Waals surface area contributed by atoms with Crippen LogP contribution < -0.4 is 4.74 Å². The molecule has 3 nitrogen and oxygen atoms in total. The Morgan fingerprint density at radius 1 is 1.53 bits per heavy atom. The average Bonchev–Trinajstić information content (AvgIpc) is 2.78. The van der Waals surface area contributed by atoms with Crippen LogP contribution in [0.25, 0.3) is 0 Å². The van der Waals surface area contributed by atoms with Crippen molar-refractivity contribution in [2.75, 3.05) is 19.8 Å². The van der Waals surface area contributed by atoms with Crippen LogP contribution in [0.15, 0.2) is 18.2 Å². The first-order chi connectivity index (χ1) is 8.16. The summed E-state index contributed by atoms with van der Waals surface area (Å²) in [5.74, 6) is 1.28. The van der Waals surface area contributed by atoms with Gasteiger partial charge in [-0.05, 0) is 31.9 Å². The summed E-state index contributed by atoms with van der Waals surface area (Å²) in [6.07, 6.45) is 0.570. The molecule has 0 saturated carbocycles. The lowest BCUT2D eigenvalue weighted by atomic mass is 10.1. The summed E-state index contributed by atoms with van der Waals surface area (Å²) in [5.41, 5.74) is 2.00. The van der Waals surface area contributed by atoms with Crippen LogP contribution in [0.2, 0.25) is 0 Å². The standard InChI is InChI=1S/C14H20O3/c1-10-3-4-13(11(2)15)14(7-10)17-9-12-5-6-16-8-12/h3-4,7,11-12,15H,5-6,8-9H2,1-2H3. The van der Waals surface area contributed by atoms with Crippen molar-refractivity contribution in [3.63, 3.8) is 0 Å². The summed E-state index contributed by atoms with van der Waals surface area (Å²) in [5, 5.41) is 9.68. The molecule has 0 amide bonds. The van der Waals surface area contributed by atoms with Crippen LogP contribution in [0.5, 0.6) is 5.75 Å². The Kier molecular flexibility index (Phi) is 4.02. The molecule has 0 aliphatic carbocycles. The molecule has 1 aliphatic heterocycles. The van der Waals surface area contributed by atoms with Crippen molar-refractivity contribution in [3.05, 3.63) is 29.3 Å². The van der Waals surface area contributed by atoms with E-state index in [-0.39, 0.29) is 0 Å². The summed E-state index contributed by atoms with van der Waals surface area (Å²) < 4.78 is 11.1. The number of benzene rings is 1. The highest BCUT2D eigenvalue weighted by molar-refractivity contribution is 5.38. The molecule has 1 aromatic carbocycles. The molecule has 0 aromatic heterocycles. The molecule has 94 valence electrons. The van der Waals surface area contributed by atoms with E-state index in [1.807, 2.05) is 25.1 Å². The first-order valence-corrected chi connectivity index (χ1v) is 6.16. The van der Waals surface area contributed by atoms with Gasteiger partial charge in [0.2, 0.25) is 0 Å². The molecule has 1 N–H and O–H groups in total. The van der Waals surface area contributed by atoms with E-state index in [1.165, 1.54) is 0 Å². The molecule has 2 rings (SSSR count). The minimum atomic E-state index is -0.495. The van der Waals surface area contributed by atoms with Crippen LogP contribution in [0.1, 0.15) is 30.6 Å². The van der Waals surface area contributed by atoms with Gasteiger partial charge in [-0.1, -0.05) is 12.1 Å². The molecule has 0 spiro atoms. The van der Waals surface area contributed by atoms with Crippen LogP contribution in [0, 0.1) is 12.8 Å². The fourth-order valence-corrected chi connectivity index (χ4v) is 2.03. The number of ether oxygens (including phenoxy) is 2. The highest BCUT2D eigenvalue weighted by atomic mass is 16.5. The summed E-state index contributed by atoms with van der Waals surface area (Å²) in [6.45, 7) is 6.08. The number of hydrogen-bond acceptors (Lipinski definition) is 3. The zero-order valence-corrected chi connectivity index (χ0v) is 10.5. The summed E-state index contributed by atoms with van der Waals surface area (Å²) >= 11 is 0. The number of aryl methyl sites for hydroxylation is 1. The Hall–Kier alpha value is -1.06. The molecule has 1 aliphatic rings. The van der Waals surface area contributed by atoms with E-state index in [0.29, 0.717) is 12.5 Å². The lowest BCUT2D eigenvalue weighted by Crippen LogP contribution is -2.13. The SMILES string of the molecule is Cc1ccc(C(C)O)c(OCC2CCOC2)c1. The molecule has 1 aromatic rings. The second kappa shape index (κ2) is 5.52. The monoisotopic (exact) mass is 236 g/mol. The van der Waals surface area contributed by atoms with Gasteiger partial charge < -0.3 is 14.6 Å². The predicted octanol–water partition coefficient (Wildman–Crippen LogP) is 2.46. The normalized spacial score (nSPS) is 21.5. The van der Waals surface area contributed by atoms with E-state index in [4.69, 9.17) is 9.47 Å². The Morgan fingerprint density at radius 3 is 3.00 bits per heavy atom. The molecular weight excluding hydrogens is 216 g/mol. The van der Waals surface area contributed by atoms with E-state index in [2.05, 4.69) is 0 Å². The maximum Gasteiger partial charge on any atom is 0.125 e. The zero-order valence-electron chi connectivity index (χ0n) is 10.5. The molecule has 1 saturated heterocycles. The van der Waals surface area contributed by atoms with Crippen LogP contribution in [-0.4, -0.2) is 24.9 Å². The van der Waals surface area contributed by atoms with Crippen molar-refractivity contribution in [1.82, 2.24) is 0 Å². The largest absolute Gasteiger partial charge is 0.493 e. The van der Waals surface area contributed by atoms with Crippen molar-refractivity contribution >= 4 is 0 Å². The van der Waals surface area contributed by atoms with Crippen molar-refractivity contribution in [2.45, 2.75) is 26.4 Å². The molecule has 0 bridgehead atoms. The molecule has 1 heterocycles. The van der Waals surface area contributed by atoms with Crippen molar-refractivity contribution < 1.29 is 14.6 Å². The first kappa shape index (κ1) is 12.4. The average molecular weight is 236 g/mol. The lowest BCUT2D eigenvalue weighted by molar-refractivity contribution is 0.162. The van der Waals surface area contributed by atoms with Gasteiger partial charge >= 0.3 is 0 Å². The Labute approximate surface area is 102 Å². The molecule has 2 unspecified atom stereocenters. The fourth-order valence-electron chi connectivity index (χ4n) is 2.03. The minimum absolute atomic E-state index is 0.484. The number of rotatable bonds is 4. The predicted molar refractivity (Wildman–Crippen MR) is 66.2 cm³/mol. The molecule has 17 heavy (non-hydrogen) atoms. The van der Waals surface area contributed by atoms with E-state index in [0.717, 1.165) is 36.5 Å². The summed E-state index contributed by atoms with van der Waals surface area (Å²) in [6, 6.07) is 5.91. The van der Waals surface area contributed by atoms with Gasteiger partial charge in [0.15, 0.2) is 0 Å². The van der Waals surface area contributed by atoms with Crippen LogP contribution in [0.4, 0.5) is 0 Å². The van der Waals surface area contributed by atoms with Gasteiger partial charge in [0.05, 0.1) is 19.3 Å². The number of hydrogen-bond donors (Lipinski definition) is 1. The summed E-state index contributed by atoms with van der Waals surface area (Å²) in [4.78, 5) is 0. The molecule has 3 heteroatoms. The van der Waals surface area contributed by atoms with Gasteiger partial charge in [-0.15, -0.1) is 0 Å². The van der Waals surface area contributed by atoms with E-state index in [1.54, 1.807) is 6.92 Å². The lowest BCUT2D eigenvalue weighted by Gasteiger charge is -2.16. The van der Waals surface area contributed by atoms with Gasteiger partial charge in [0.25, 0.3) is 0 Å². The van der Waals surface area contributed by atoms with E-state index >= 15 is 0 Å². The number of aliphatic hydroxyl groups excluding tert-OH is 1. The van der Waals surface area contributed by atoms with Gasteiger partial charge in [-0.2, -0.15) is 0 Å². The van der Waals surface area contributed by atoms with Crippen molar-refractivity contribution in [3.8, 4) is 5.75 Å². The summed E-state index contributed by atoms with van der Waals surface area (Å²) in [7, 11) is 0. The fraction of sp³-hybridized carbons (Fsp3) is 0.571. The van der Waals surface area contributed by atoms with Gasteiger partial charge in [-0.25, -0.2) is 0 Å². The topological polar surface area (TPSA) is 38.7 Å². The first-order valence-electron chi connectivity index (χ1n) is 6.16. The van der Waals surface area contributed by atoms with Gasteiger partial charge in [0, 0.05) is 18.1 Å². The molecule has 0 radical (unpaired) electrons. The third-order valence-electron chi connectivity index (χ3n) is 3.12.